The van der Waals surface area contributed by atoms with Gasteiger partial charge in [-0.1, -0.05) is 23.7 Å². The van der Waals surface area contributed by atoms with E-state index in [1.165, 1.54) is 23.9 Å². The first-order valence-corrected chi connectivity index (χ1v) is 11.3. The summed E-state index contributed by atoms with van der Waals surface area (Å²) >= 11 is 9.37. The quantitative estimate of drug-likeness (QED) is 0.483. The molecule has 150 valence electrons. The zero-order chi connectivity index (χ0) is 20.6. The number of carbonyl (C=O) groups is 1. The molecule has 4 rings (SSSR count). The fraction of sp³-hybridized carbons (Fsp3) is 0.238. The van der Waals surface area contributed by atoms with E-state index in [1.807, 2.05) is 31.2 Å². The number of nitrogens with one attached hydrogen (secondary N) is 1. The van der Waals surface area contributed by atoms with Crippen LogP contribution in [-0.4, -0.2) is 38.1 Å². The summed E-state index contributed by atoms with van der Waals surface area (Å²) < 4.78 is 13.4. The summed E-state index contributed by atoms with van der Waals surface area (Å²) in [5.41, 5.74) is 1.16. The van der Waals surface area contributed by atoms with Crippen molar-refractivity contribution in [3.8, 4) is 0 Å². The number of carboxylic acid groups (broad SMARTS) is 1. The first-order chi connectivity index (χ1) is 13.9. The molecule has 2 heterocycles. The number of aromatic nitrogens is 1. The highest BCUT2D eigenvalue weighted by atomic mass is 35.5. The molecule has 1 aromatic heterocycles. The van der Waals surface area contributed by atoms with E-state index in [1.54, 1.807) is 17.8 Å². The topological polar surface area (TPSA) is 65.5 Å². The minimum absolute atomic E-state index is 0.227. The molecule has 0 fully saturated rings. The molecule has 29 heavy (non-hydrogen) atoms. The molecule has 1 aliphatic heterocycles. The first kappa shape index (κ1) is 20.3. The van der Waals surface area contributed by atoms with Gasteiger partial charge in [-0.2, -0.15) is 0 Å². The number of halogens is 2. The summed E-state index contributed by atoms with van der Waals surface area (Å²) in [5, 5.41) is 12.3. The van der Waals surface area contributed by atoms with Crippen molar-refractivity contribution in [3.63, 3.8) is 0 Å². The molecule has 0 saturated heterocycles. The summed E-state index contributed by atoms with van der Waals surface area (Å²) in [6, 6.07) is 12.2. The van der Waals surface area contributed by atoms with Crippen LogP contribution in [0.2, 0.25) is 5.02 Å². The SMILES string of the molecule is Cc1cccc(SCC2=NC(Cc3cc4ccc(F)cc4[nH]3)(C(=O)O)CS2)c1Cl. The average molecular weight is 449 g/mol. The molecule has 8 heteroatoms. The van der Waals surface area contributed by atoms with E-state index in [0.29, 0.717) is 17.0 Å². The number of aromatic amines is 1. The van der Waals surface area contributed by atoms with Gasteiger partial charge in [0, 0.05) is 34.0 Å². The monoisotopic (exact) mass is 448 g/mol. The van der Waals surface area contributed by atoms with Crippen LogP contribution in [0.25, 0.3) is 10.9 Å². The van der Waals surface area contributed by atoms with E-state index >= 15 is 0 Å². The molecule has 2 aromatic carbocycles. The number of aryl methyl sites for hydroxylation is 1. The summed E-state index contributed by atoms with van der Waals surface area (Å²) in [6.07, 6.45) is 0.227. The summed E-state index contributed by atoms with van der Waals surface area (Å²) in [4.78, 5) is 20.8. The number of rotatable bonds is 6. The summed E-state index contributed by atoms with van der Waals surface area (Å²) in [5.74, 6) is -0.351. The van der Waals surface area contributed by atoms with Gasteiger partial charge in [0.25, 0.3) is 0 Å². The molecule has 0 aliphatic carbocycles. The van der Waals surface area contributed by atoms with Crippen LogP contribution in [0.15, 0.2) is 52.4 Å². The largest absolute Gasteiger partial charge is 0.479 e. The van der Waals surface area contributed by atoms with Gasteiger partial charge in [-0.3, -0.25) is 4.99 Å². The van der Waals surface area contributed by atoms with Crippen LogP contribution in [0.1, 0.15) is 11.3 Å². The summed E-state index contributed by atoms with van der Waals surface area (Å²) in [6.45, 7) is 1.95. The van der Waals surface area contributed by atoms with Crippen molar-refractivity contribution in [1.82, 2.24) is 4.98 Å². The van der Waals surface area contributed by atoms with E-state index in [4.69, 9.17) is 11.6 Å². The van der Waals surface area contributed by atoms with Crippen LogP contribution in [-0.2, 0) is 11.2 Å². The minimum Gasteiger partial charge on any atom is -0.479 e. The minimum atomic E-state index is -1.23. The molecule has 2 N–H and O–H groups in total. The van der Waals surface area contributed by atoms with Gasteiger partial charge in [0.1, 0.15) is 5.82 Å². The van der Waals surface area contributed by atoms with Gasteiger partial charge in [-0.05, 0) is 48.2 Å². The lowest BCUT2D eigenvalue weighted by Gasteiger charge is -2.19. The fourth-order valence-corrected chi connectivity index (χ4v) is 5.84. The Bertz CT molecular complexity index is 1130. The van der Waals surface area contributed by atoms with Gasteiger partial charge in [0.2, 0.25) is 0 Å². The number of fused-ring (bicyclic) bond motifs is 1. The number of carboxylic acids is 1. The Morgan fingerprint density at radius 3 is 3.00 bits per heavy atom. The molecule has 1 unspecified atom stereocenters. The van der Waals surface area contributed by atoms with E-state index in [-0.39, 0.29) is 12.2 Å². The van der Waals surface area contributed by atoms with Crippen LogP contribution < -0.4 is 0 Å². The summed E-state index contributed by atoms with van der Waals surface area (Å²) in [7, 11) is 0. The lowest BCUT2D eigenvalue weighted by molar-refractivity contribution is -0.142. The maximum absolute atomic E-state index is 13.4. The Morgan fingerprint density at radius 2 is 2.21 bits per heavy atom. The Balaban J connectivity index is 1.54. The van der Waals surface area contributed by atoms with Crippen LogP contribution >= 0.6 is 35.1 Å². The molecule has 4 nitrogen and oxygen atoms in total. The first-order valence-electron chi connectivity index (χ1n) is 8.96. The normalized spacial score (nSPS) is 18.9. The highest BCUT2D eigenvalue weighted by molar-refractivity contribution is 8.16. The highest BCUT2D eigenvalue weighted by Crippen LogP contribution is 2.36. The number of benzene rings is 2. The van der Waals surface area contributed by atoms with E-state index in [0.717, 1.165) is 31.6 Å². The van der Waals surface area contributed by atoms with Gasteiger partial charge in [0.15, 0.2) is 5.54 Å². The van der Waals surface area contributed by atoms with Crippen molar-refractivity contribution in [2.24, 2.45) is 4.99 Å². The third-order valence-corrected chi connectivity index (χ3v) is 7.90. The third-order valence-electron chi connectivity index (χ3n) is 4.85. The molecule has 0 radical (unpaired) electrons. The van der Waals surface area contributed by atoms with Crippen molar-refractivity contribution in [2.75, 3.05) is 11.5 Å². The van der Waals surface area contributed by atoms with Gasteiger partial charge < -0.3 is 10.1 Å². The second kappa shape index (κ2) is 8.05. The molecular weight excluding hydrogens is 431 g/mol. The number of nitrogens with zero attached hydrogens (tertiary/aromatic N) is 1. The molecule has 0 bridgehead atoms. The van der Waals surface area contributed by atoms with Crippen LogP contribution in [0.4, 0.5) is 4.39 Å². The van der Waals surface area contributed by atoms with Crippen molar-refractivity contribution < 1.29 is 14.3 Å². The number of hydrogen-bond donors (Lipinski definition) is 2. The molecule has 3 aromatic rings. The Kier molecular flexibility index (Phi) is 5.64. The van der Waals surface area contributed by atoms with Gasteiger partial charge in [0.05, 0.1) is 10.1 Å². The number of aliphatic carboxylic acids is 1. The van der Waals surface area contributed by atoms with Crippen molar-refractivity contribution >= 4 is 57.0 Å². The number of aliphatic imine (C=N–C) groups is 1. The number of thioether (sulfide) groups is 2. The smallest absolute Gasteiger partial charge is 0.332 e. The number of H-pyrrole nitrogens is 1. The second-order valence-corrected chi connectivity index (χ2v) is 9.45. The zero-order valence-corrected chi connectivity index (χ0v) is 17.9. The maximum atomic E-state index is 13.4. The fourth-order valence-electron chi connectivity index (χ4n) is 3.30. The van der Waals surface area contributed by atoms with Gasteiger partial charge >= 0.3 is 5.97 Å². The van der Waals surface area contributed by atoms with Crippen LogP contribution in [0.5, 0.6) is 0 Å². The lowest BCUT2D eigenvalue weighted by atomic mass is 9.96. The predicted molar refractivity (Wildman–Crippen MR) is 119 cm³/mol. The van der Waals surface area contributed by atoms with E-state index < -0.39 is 11.5 Å². The van der Waals surface area contributed by atoms with E-state index in [9.17, 15) is 14.3 Å². The zero-order valence-electron chi connectivity index (χ0n) is 15.5. The van der Waals surface area contributed by atoms with Crippen molar-refractivity contribution in [2.45, 2.75) is 23.8 Å². The number of hydrogen-bond acceptors (Lipinski definition) is 4. The highest BCUT2D eigenvalue weighted by Gasteiger charge is 2.43. The molecule has 0 saturated carbocycles. The second-order valence-electron chi connectivity index (χ2n) is 7.01. The lowest BCUT2D eigenvalue weighted by Crippen LogP contribution is -2.39. The molecule has 0 amide bonds. The standard InChI is InChI=1S/C21H18ClFN2O2S2/c1-12-3-2-4-17(19(12)22)28-10-18-25-21(11-29-18,20(26)27)9-15-7-13-5-6-14(23)8-16(13)24-15/h2-8,24H,9-11H2,1H3,(H,26,27). The Labute approximate surface area is 180 Å². The molecular formula is C21H18ClFN2O2S2. The third kappa shape index (κ3) is 4.17. The predicted octanol–water partition coefficient (Wildman–Crippen LogP) is 5.57. The van der Waals surface area contributed by atoms with Crippen LogP contribution in [0.3, 0.4) is 0 Å². The van der Waals surface area contributed by atoms with Crippen molar-refractivity contribution in [3.05, 3.63) is 64.6 Å². The molecule has 1 aliphatic rings. The van der Waals surface area contributed by atoms with Gasteiger partial charge in [-0.25, -0.2) is 9.18 Å². The van der Waals surface area contributed by atoms with Crippen molar-refractivity contribution in [1.29, 1.82) is 0 Å². The van der Waals surface area contributed by atoms with Crippen LogP contribution in [0, 0.1) is 12.7 Å². The molecule has 0 spiro atoms. The molecule has 1 atom stereocenters. The maximum Gasteiger partial charge on any atom is 0.332 e. The van der Waals surface area contributed by atoms with Gasteiger partial charge in [-0.15, -0.1) is 23.5 Å². The Hall–Kier alpha value is -1.96. The Morgan fingerprint density at radius 1 is 1.38 bits per heavy atom. The average Bonchev–Trinajstić information content (AvgIpc) is 3.27. The van der Waals surface area contributed by atoms with E-state index in [2.05, 4.69) is 9.98 Å².